The monoisotopic (exact) mass is 506 g/mol. The van der Waals surface area contributed by atoms with Gasteiger partial charge in [-0.2, -0.15) is 0 Å². The number of hydrogen-bond donors (Lipinski definition) is 5. The van der Waals surface area contributed by atoms with Gasteiger partial charge in [0.15, 0.2) is 0 Å². The van der Waals surface area contributed by atoms with E-state index in [1.165, 1.54) is 24.3 Å². The van der Waals surface area contributed by atoms with E-state index in [0.29, 0.717) is 35.6 Å². The van der Waals surface area contributed by atoms with E-state index in [-0.39, 0.29) is 41.4 Å². The predicted molar refractivity (Wildman–Crippen MR) is 141 cm³/mol. The minimum absolute atomic E-state index is 0.0784. The van der Waals surface area contributed by atoms with Crippen LogP contribution in [0.25, 0.3) is 10.9 Å². The molecule has 0 bridgehead atoms. The van der Waals surface area contributed by atoms with Gasteiger partial charge in [-0.3, -0.25) is 9.59 Å². The molecule has 5 N–H and O–H groups in total. The van der Waals surface area contributed by atoms with Crippen molar-refractivity contribution in [2.24, 2.45) is 0 Å². The number of benzene rings is 2. The molecule has 194 valence electrons. The van der Waals surface area contributed by atoms with Gasteiger partial charge in [0.2, 0.25) is 11.5 Å². The van der Waals surface area contributed by atoms with Crippen LogP contribution in [-0.2, 0) is 11.3 Å². The van der Waals surface area contributed by atoms with Gasteiger partial charge in [0.05, 0.1) is 17.3 Å². The molecule has 2 aromatic carbocycles. The van der Waals surface area contributed by atoms with E-state index in [1.54, 1.807) is 18.2 Å². The molecule has 0 spiro atoms. The van der Waals surface area contributed by atoms with Gasteiger partial charge in [0, 0.05) is 56.4 Å². The summed E-state index contributed by atoms with van der Waals surface area (Å²) in [6, 6.07) is 10.9. The minimum Gasteiger partial charge on any atom is -0.506 e. The fourth-order valence-corrected chi connectivity index (χ4v) is 4.45. The second-order valence-corrected chi connectivity index (χ2v) is 9.28. The van der Waals surface area contributed by atoms with E-state index in [4.69, 9.17) is 0 Å². The molecule has 1 aromatic heterocycles. The maximum atomic E-state index is 14.6. The third-order valence-electron chi connectivity index (χ3n) is 6.62. The molecule has 9 heteroatoms. The fraction of sp³-hybridized carbons (Fsp3) is 0.357. The number of fused-ring (bicyclic) bond motifs is 1. The summed E-state index contributed by atoms with van der Waals surface area (Å²) < 4.78 is 14.6. The van der Waals surface area contributed by atoms with Crippen molar-refractivity contribution in [2.75, 3.05) is 25.5 Å². The molecule has 3 aromatic rings. The van der Waals surface area contributed by atoms with Crippen LogP contribution in [0.2, 0.25) is 0 Å². The summed E-state index contributed by atoms with van der Waals surface area (Å²) >= 11 is 0. The number of carbonyl (C=O) groups is 1. The van der Waals surface area contributed by atoms with Crippen LogP contribution in [0.5, 0.6) is 5.75 Å². The van der Waals surface area contributed by atoms with Crippen LogP contribution in [0.3, 0.4) is 0 Å². The van der Waals surface area contributed by atoms with Gasteiger partial charge in [-0.25, -0.2) is 4.39 Å². The van der Waals surface area contributed by atoms with E-state index in [9.17, 15) is 24.2 Å². The highest BCUT2D eigenvalue weighted by Crippen LogP contribution is 2.28. The first-order valence-electron chi connectivity index (χ1n) is 12.3. The molecule has 2 atom stereocenters. The van der Waals surface area contributed by atoms with E-state index in [2.05, 4.69) is 32.4 Å². The highest BCUT2D eigenvalue weighted by Gasteiger charge is 2.17. The average molecular weight is 507 g/mol. The van der Waals surface area contributed by atoms with Crippen molar-refractivity contribution in [1.29, 1.82) is 0 Å². The molecular weight excluding hydrogens is 475 g/mol. The number of aromatic amines is 1. The minimum atomic E-state index is -0.920. The molecule has 1 heterocycles. The van der Waals surface area contributed by atoms with Crippen molar-refractivity contribution in [3.05, 3.63) is 69.8 Å². The summed E-state index contributed by atoms with van der Waals surface area (Å²) in [7, 11) is 1.98. The molecular formula is C28H31FN4O4. The number of pyridine rings is 1. The zero-order valence-electron chi connectivity index (χ0n) is 20.7. The first-order valence-corrected chi connectivity index (χ1v) is 12.3. The summed E-state index contributed by atoms with van der Waals surface area (Å²) in [6.45, 7) is 1.04. The Balaban J connectivity index is 1.27. The lowest BCUT2D eigenvalue weighted by atomic mass is 10.0. The van der Waals surface area contributed by atoms with Gasteiger partial charge in [-0.15, -0.1) is 11.8 Å². The predicted octanol–water partition coefficient (Wildman–Crippen LogP) is 3.01. The Morgan fingerprint density at radius 3 is 2.84 bits per heavy atom. The number of rotatable bonds is 10. The average Bonchev–Trinajstić information content (AvgIpc) is 2.89. The number of nitrogens with zero attached hydrogens (tertiary/aromatic N) is 1. The van der Waals surface area contributed by atoms with Gasteiger partial charge >= 0.3 is 0 Å². The molecule has 0 saturated carbocycles. The van der Waals surface area contributed by atoms with Gasteiger partial charge in [0.1, 0.15) is 11.6 Å². The summed E-state index contributed by atoms with van der Waals surface area (Å²) in [5, 5.41) is 26.9. The van der Waals surface area contributed by atoms with Crippen molar-refractivity contribution in [3.8, 4) is 17.6 Å². The Morgan fingerprint density at radius 2 is 2.08 bits per heavy atom. The van der Waals surface area contributed by atoms with Gasteiger partial charge < -0.3 is 30.7 Å². The highest BCUT2D eigenvalue weighted by atomic mass is 19.1. The van der Waals surface area contributed by atoms with E-state index in [0.717, 1.165) is 19.3 Å². The molecule has 1 unspecified atom stereocenters. The van der Waals surface area contributed by atoms with E-state index in [1.807, 2.05) is 7.05 Å². The number of aromatic nitrogens is 1. The molecule has 0 fully saturated rings. The normalized spacial score (nSPS) is 15.8. The van der Waals surface area contributed by atoms with Crippen LogP contribution in [0.1, 0.15) is 42.9 Å². The number of carbonyl (C=O) groups excluding carboxylic acids is 1. The number of anilines is 1. The Bertz CT molecular complexity index is 1390. The zero-order chi connectivity index (χ0) is 26.4. The number of aromatic hydroxyl groups is 1. The maximum Gasteiger partial charge on any atom is 0.248 e. The lowest BCUT2D eigenvalue weighted by molar-refractivity contribution is -0.116. The number of halogens is 1. The summed E-state index contributed by atoms with van der Waals surface area (Å²) in [5.41, 5.74) is 1.24. The second-order valence-electron chi connectivity index (χ2n) is 9.28. The number of phenols is 1. The third-order valence-corrected chi connectivity index (χ3v) is 6.62. The number of nitrogens with one attached hydrogen (secondary N) is 3. The third kappa shape index (κ3) is 6.74. The van der Waals surface area contributed by atoms with Crippen LogP contribution in [0.4, 0.5) is 10.1 Å². The fourth-order valence-electron chi connectivity index (χ4n) is 4.45. The van der Waals surface area contributed by atoms with Gasteiger partial charge in [0.25, 0.3) is 0 Å². The maximum absolute atomic E-state index is 14.6. The second kappa shape index (κ2) is 12.0. The summed E-state index contributed by atoms with van der Waals surface area (Å²) in [5.74, 6) is 5.34. The number of aliphatic hydroxyl groups is 1. The molecule has 1 aliphatic rings. The molecule has 8 nitrogen and oxygen atoms in total. The zero-order valence-corrected chi connectivity index (χ0v) is 20.7. The smallest absolute Gasteiger partial charge is 0.248 e. The lowest BCUT2D eigenvalue weighted by Gasteiger charge is -2.27. The molecule has 37 heavy (non-hydrogen) atoms. The van der Waals surface area contributed by atoms with Crippen molar-refractivity contribution >= 4 is 22.5 Å². The van der Waals surface area contributed by atoms with Crippen LogP contribution < -0.4 is 16.2 Å². The van der Waals surface area contributed by atoms with Crippen molar-refractivity contribution in [2.45, 2.75) is 44.4 Å². The number of aliphatic hydroxyl groups excluding tert-OH is 1. The Kier molecular flexibility index (Phi) is 8.56. The Morgan fingerprint density at radius 1 is 1.24 bits per heavy atom. The Hall–Kier alpha value is -3.71. The number of phenolic OH excluding ortho intramolecular Hbond substituents is 1. The summed E-state index contributed by atoms with van der Waals surface area (Å²) in [6.07, 6.45) is 2.03. The molecule has 0 saturated heterocycles. The molecule has 0 aliphatic heterocycles. The summed E-state index contributed by atoms with van der Waals surface area (Å²) in [4.78, 5) is 28.6. The van der Waals surface area contributed by atoms with E-state index < -0.39 is 11.9 Å². The number of H-pyrrole nitrogens is 1. The van der Waals surface area contributed by atoms with Crippen LogP contribution >= 0.6 is 0 Å². The Labute approximate surface area is 214 Å². The standard InChI is InChI=1S/C28H31FN4O4/c1-33(19-5-3-2-4-6-19)14-13-27(37)31-23-10-7-18(15-22(23)29)16-30-17-25(35)20-8-11-24(34)28-21(20)9-12-26(36)32-28/h7-12,15,19,25,30,34-35H,3,5-6,13-14,16-17H2,1H3,(H,31,37)(H,32,36)/t19?,25-/m0/s1. The molecule has 0 radical (unpaired) electrons. The first kappa shape index (κ1) is 26.4. The lowest BCUT2D eigenvalue weighted by Crippen LogP contribution is -2.34. The van der Waals surface area contributed by atoms with Gasteiger partial charge in [-0.05, 0) is 48.9 Å². The molecule has 1 amide bonds. The largest absolute Gasteiger partial charge is 0.506 e. The van der Waals surface area contributed by atoms with Crippen LogP contribution in [-0.4, -0.2) is 52.2 Å². The highest BCUT2D eigenvalue weighted by molar-refractivity contribution is 5.91. The quantitative estimate of drug-likeness (QED) is 0.270. The molecule has 1 aliphatic carbocycles. The van der Waals surface area contributed by atoms with Crippen molar-refractivity contribution in [3.63, 3.8) is 0 Å². The topological polar surface area (TPSA) is 118 Å². The number of amides is 1. The molecule has 4 rings (SSSR count). The van der Waals surface area contributed by atoms with Gasteiger partial charge in [-0.1, -0.05) is 12.1 Å². The van der Waals surface area contributed by atoms with E-state index >= 15 is 0 Å². The van der Waals surface area contributed by atoms with Crippen LogP contribution in [0.15, 0.2) is 47.3 Å². The van der Waals surface area contributed by atoms with Crippen molar-refractivity contribution < 1.29 is 19.4 Å². The van der Waals surface area contributed by atoms with Crippen molar-refractivity contribution in [1.82, 2.24) is 15.2 Å². The SMILES string of the molecule is CN(CCC(=O)Nc1ccc(CNC[C@H](O)c2ccc(O)c3[nH]c(=O)ccc23)cc1F)C1CC#CCC1. The number of hydrogen-bond acceptors (Lipinski definition) is 6. The van der Waals surface area contributed by atoms with Crippen LogP contribution in [0, 0.1) is 17.7 Å². The first-order chi connectivity index (χ1) is 17.8.